The van der Waals surface area contributed by atoms with Gasteiger partial charge in [-0.2, -0.15) is 8.78 Å². The molecular formula is C24H19F2N3O. The highest BCUT2D eigenvalue weighted by Crippen LogP contribution is 2.37. The third-order valence-corrected chi connectivity index (χ3v) is 5.25. The molecule has 1 atom stereocenters. The van der Waals surface area contributed by atoms with Crippen molar-refractivity contribution in [2.24, 2.45) is 0 Å². The third-order valence-electron chi connectivity index (χ3n) is 5.25. The topological polar surface area (TPSA) is 39.1 Å². The Morgan fingerprint density at radius 2 is 1.70 bits per heavy atom. The van der Waals surface area contributed by atoms with Gasteiger partial charge in [0.2, 0.25) is 5.95 Å². The number of nitrogens with zero attached hydrogens (tertiary/aromatic N) is 2. The van der Waals surface area contributed by atoms with E-state index in [0.29, 0.717) is 0 Å². The lowest BCUT2D eigenvalue weighted by Gasteiger charge is -2.26. The van der Waals surface area contributed by atoms with Crippen molar-refractivity contribution in [2.45, 2.75) is 19.6 Å². The highest BCUT2D eigenvalue weighted by molar-refractivity contribution is 5.85. The molecule has 0 fully saturated rings. The number of benzene rings is 3. The van der Waals surface area contributed by atoms with E-state index in [2.05, 4.69) is 58.0 Å². The van der Waals surface area contributed by atoms with Crippen molar-refractivity contribution in [3.63, 3.8) is 0 Å². The number of ether oxygens (including phenoxy) is 1. The molecule has 0 aliphatic carbocycles. The van der Waals surface area contributed by atoms with Crippen LogP contribution < -0.4 is 10.1 Å². The number of aromatic nitrogens is 2. The monoisotopic (exact) mass is 403 g/mol. The van der Waals surface area contributed by atoms with Gasteiger partial charge in [0, 0.05) is 5.70 Å². The highest BCUT2D eigenvalue weighted by atomic mass is 19.3. The molecule has 0 saturated carbocycles. The number of rotatable bonds is 4. The Balaban J connectivity index is 1.60. The molecule has 2 heterocycles. The van der Waals surface area contributed by atoms with Crippen molar-refractivity contribution in [1.82, 2.24) is 9.55 Å². The van der Waals surface area contributed by atoms with E-state index in [1.54, 1.807) is 24.3 Å². The predicted octanol–water partition coefficient (Wildman–Crippen LogP) is 6.00. The van der Waals surface area contributed by atoms with Gasteiger partial charge in [-0.1, -0.05) is 42.0 Å². The second-order valence-corrected chi connectivity index (χ2v) is 7.26. The molecule has 30 heavy (non-hydrogen) atoms. The predicted molar refractivity (Wildman–Crippen MR) is 114 cm³/mol. The van der Waals surface area contributed by atoms with Gasteiger partial charge in [-0.15, -0.1) is 0 Å². The van der Waals surface area contributed by atoms with E-state index in [-0.39, 0.29) is 11.8 Å². The number of hydrogen-bond acceptors (Lipinski definition) is 3. The van der Waals surface area contributed by atoms with Gasteiger partial charge in [0.25, 0.3) is 0 Å². The van der Waals surface area contributed by atoms with E-state index in [4.69, 9.17) is 4.98 Å². The van der Waals surface area contributed by atoms with Crippen LogP contribution in [0.1, 0.15) is 22.7 Å². The molecule has 1 aliphatic heterocycles. The second kappa shape index (κ2) is 7.30. The van der Waals surface area contributed by atoms with Crippen LogP contribution in [0.2, 0.25) is 0 Å². The van der Waals surface area contributed by atoms with E-state index >= 15 is 0 Å². The van der Waals surface area contributed by atoms with Crippen molar-refractivity contribution in [3.05, 3.63) is 95.6 Å². The van der Waals surface area contributed by atoms with Crippen LogP contribution in [-0.4, -0.2) is 16.2 Å². The molecule has 4 aromatic rings. The van der Waals surface area contributed by atoms with Gasteiger partial charge < -0.3 is 10.1 Å². The zero-order valence-electron chi connectivity index (χ0n) is 16.2. The first-order valence-corrected chi connectivity index (χ1v) is 9.66. The molecular weight excluding hydrogens is 384 g/mol. The number of nitrogens with one attached hydrogen (secondary N) is 1. The fourth-order valence-corrected chi connectivity index (χ4v) is 3.80. The van der Waals surface area contributed by atoms with Crippen molar-refractivity contribution < 1.29 is 13.5 Å². The van der Waals surface area contributed by atoms with Crippen molar-refractivity contribution >= 4 is 22.7 Å². The molecule has 0 spiro atoms. The SMILES string of the molecule is Cc1ccc([C@@H]2C=C(c3ccc(OC(F)F)cc3)Nc3nc4ccccc4n32)cc1. The van der Waals surface area contributed by atoms with Crippen LogP contribution in [0.4, 0.5) is 14.7 Å². The Morgan fingerprint density at radius 1 is 0.967 bits per heavy atom. The first-order valence-electron chi connectivity index (χ1n) is 9.66. The van der Waals surface area contributed by atoms with Gasteiger partial charge in [0.05, 0.1) is 17.1 Å². The minimum Gasteiger partial charge on any atom is -0.435 e. The quantitative estimate of drug-likeness (QED) is 0.454. The number of hydrogen-bond donors (Lipinski definition) is 1. The maximum atomic E-state index is 12.5. The Morgan fingerprint density at radius 3 is 2.43 bits per heavy atom. The van der Waals surface area contributed by atoms with Crippen LogP contribution in [0, 0.1) is 6.92 Å². The molecule has 0 saturated heterocycles. The molecule has 0 radical (unpaired) electrons. The lowest BCUT2D eigenvalue weighted by atomic mass is 10.00. The molecule has 5 rings (SSSR count). The number of halogens is 2. The zero-order valence-corrected chi connectivity index (χ0v) is 16.2. The fraction of sp³-hybridized carbons (Fsp3) is 0.125. The number of alkyl halides is 2. The van der Waals surface area contributed by atoms with Crippen LogP contribution in [0.15, 0.2) is 78.9 Å². The Hall–Kier alpha value is -3.67. The molecule has 3 aromatic carbocycles. The summed E-state index contributed by atoms with van der Waals surface area (Å²) in [7, 11) is 0. The summed E-state index contributed by atoms with van der Waals surface area (Å²) in [5, 5.41) is 3.40. The number of para-hydroxylation sites is 2. The summed E-state index contributed by atoms with van der Waals surface area (Å²) >= 11 is 0. The van der Waals surface area contributed by atoms with Crippen LogP contribution in [0.3, 0.4) is 0 Å². The molecule has 150 valence electrons. The summed E-state index contributed by atoms with van der Waals surface area (Å²) in [6, 6.07) is 23.0. The molecule has 6 heteroatoms. The fourth-order valence-electron chi connectivity index (χ4n) is 3.80. The van der Waals surface area contributed by atoms with Gasteiger partial charge in [-0.25, -0.2) is 4.98 Å². The minimum atomic E-state index is -2.84. The zero-order chi connectivity index (χ0) is 20.7. The number of fused-ring (bicyclic) bond motifs is 3. The highest BCUT2D eigenvalue weighted by Gasteiger charge is 2.25. The molecule has 0 amide bonds. The summed E-state index contributed by atoms with van der Waals surface area (Å²) in [6.45, 7) is -0.775. The first-order chi connectivity index (χ1) is 14.6. The van der Waals surface area contributed by atoms with Crippen LogP contribution in [0.25, 0.3) is 16.7 Å². The molecule has 1 aliphatic rings. The molecule has 4 nitrogen and oxygen atoms in total. The van der Waals surface area contributed by atoms with Crippen molar-refractivity contribution in [1.29, 1.82) is 0 Å². The summed E-state index contributed by atoms with van der Waals surface area (Å²) in [4.78, 5) is 4.77. The maximum Gasteiger partial charge on any atom is 0.387 e. The van der Waals surface area contributed by atoms with Crippen molar-refractivity contribution in [3.8, 4) is 5.75 Å². The van der Waals surface area contributed by atoms with Gasteiger partial charge in [-0.05, 0) is 60.5 Å². The summed E-state index contributed by atoms with van der Waals surface area (Å²) < 4.78 is 31.5. The van der Waals surface area contributed by atoms with Gasteiger partial charge in [0.1, 0.15) is 5.75 Å². The van der Waals surface area contributed by atoms with E-state index < -0.39 is 6.61 Å². The number of anilines is 1. The van der Waals surface area contributed by atoms with E-state index in [9.17, 15) is 8.78 Å². The maximum absolute atomic E-state index is 12.5. The van der Waals surface area contributed by atoms with Gasteiger partial charge in [-0.3, -0.25) is 4.57 Å². The Labute approximate surface area is 172 Å². The normalized spacial score (nSPS) is 15.6. The largest absolute Gasteiger partial charge is 0.435 e. The molecule has 1 N–H and O–H groups in total. The lowest BCUT2D eigenvalue weighted by molar-refractivity contribution is -0.0498. The molecule has 0 unspecified atom stereocenters. The van der Waals surface area contributed by atoms with Crippen molar-refractivity contribution in [2.75, 3.05) is 5.32 Å². The average molecular weight is 403 g/mol. The number of allylic oxidation sites excluding steroid dienone is 1. The van der Waals surface area contributed by atoms with Crippen LogP contribution in [0.5, 0.6) is 5.75 Å². The molecule has 0 bridgehead atoms. The Bertz CT molecular complexity index is 1230. The lowest BCUT2D eigenvalue weighted by Crippen LogP contribution is -2.19. The summed E-state index contributed by atoms with van der Waals surface area (Å²) in [6.07, 6.45) is 2.13. The van der Waals surface area contributed by atoms with E-state index in [1.807, 2.05) is 18.2 Å². The average Bonchev–Trinajstić information content (AvgIpc) is 3.12. The second-order valence-electron chi connectivity index (χ2n) is 7.26. The number of imidazole rings is 1. The summed E-state index contributed by atoms with van der Waals surface area (Å²) in [5.74, 6) is 0.875. The van der Waals surface area contributed by atoms with Gasteiger partial charge >= 0.3 is 6.61 Å². The summed E-state index contributed by atoms with van der Waals surface area (Å²) in [5.41, 5.74) is 6.02. The van der Waals surface area contributed by atoms with E-state index in [0.717, 1.165) is 33.8 Å². The minimum absolute atomic E-state index is 0.0544. The van der Waals surface area contributed by atoms with Crippen LogP contribution in [-0.2, 0) is 0 Å². The smallest absolute Gasteiger partial charge is 0.387 e. The van der Waals surface area contributed by atoms with Gasteiger partial charge in [0.15, 0.2) is 0 Å². The molecule has 1 aromatic heterocycles. The van der Waals surface area contributed by atoms with E-state index in [1.165, 1.54) is 5.56 Å². The van der Waals surface area contributed by atoms with Crippen LogP contribution >= 0.6 is 0 Å². The third kappa shape index (κ3) is 3.30. The first kappa shape index (κ1) is 18.4. The standard InChI is InChI=1S/C24H19F2N3O/c1-15-6-8-17(9-7-15)22-14-20(16-10-12-18(13-11-16)30-23(25)26)28-24-27-19-4-2-3-5-21(19)29(22)24/h2-14,22-23H,1H3,(H,27,28)/t22-/m0/s1. The Kier molecular flexibility index (Phi) is 4.47. The number of aryl methyl sites for hydroxylation is 1.